The van der Waals surface area contributed by atoms with Crippen molar-refractivity contribution in [3.63, 3.8) is 0 Å². The first-order valence-corrected chi connectivity index (χ1v) is 8.67. The molecule has 2 aliphatic rings. The molecule has 2 aliphatic carbocycles. The molecule has 2 saturated carbocycles. The third-order valence-corrected chi connectivity index (χ3v) is 5.21. The maximum absolute atomic E-state index is 11.4. The summed E-state index contributed by atoms with van der Waals surface area (Å²) in [6.45, 7) is 0. The Labute approximate surface area is 137 Å². The van der Waals surface area contributed by atoms with Crippen molar-refractivity contribution in [1.29, 1.82) is 0 Å². The standard InChI is InChI=1S/C18H25NO4/c1-22-17-11-10-13(12-18(17)23-14-6-2-3-7-14)15-8-4-5-9-16(15)19(20)21/h10-12,14-16H,2-9H2,1H3. The second kappa shape index (κ2) is 7.20. The molecular formula is C18H25NO4. The van der Waals surface area contributed by atoms with Gasteiger partial charge >= 0.3 is 0 Å². The molecule has 126 valence electrons. The van der Waals surface area contributed by atoms with Crippen molar-refractivity contribution >= 4 is 0 Å². The molecule has 0 amide bonds. The van der Waals surface area contributed by atoms with Gasteiger partial charge in [-0.1, -0.05) is 12.5 Å². The van der Waals surface area contributed by atoms with Gasteiger partial charge in [-0.05, 0) is 56.2 Å². The Morgan fingerprint density at radius 2 is 1.74 bits per heavy atom. The van der Waals surface area contributed by atoms with Gasteiger partial charge in [0.05, 0.1) is 19.1 Å². The fourth-order valence-corrected chi connectivity index (χ4v) is 3.95. The van der Waals surface area contributed by atoms with Gasteiger partial charge in [0.1, 0.15) is 0 Å². The van der Waals surface area contributed by atoms with Gasteiger partial charge in [-0.15, -0.1) is 0 Å². The third-order valence-electron chi connectivity index (χ3n) is 5.21. The van der Waals surface area contributed by atoms with Crippen LogP contribution in [0.2, 0.25) is 0 Å². The van der Waals surface area contributed by atoms with Crippen molar-refractivity contribution < 1.29 is 14.4 Å². The van der Waals surface area contributed by atoms with Crippen LogP contribution in [-0.4, -0.2) is 24.2 Å². The topological polar surface area (TPSA) is 61.6 Å². The molecule has 0 spiro atoms. The second-order valence-electron chi connectivity index (χ2n) is 6.68. The summed E-state index contributed by atoms with van der Waals surface area (Å²) in [5.74, 6) is 1.44. The molecule has 0 saturated heterocycles. The molecule has 2 atom stereocenters. The predicted octanol–water partition coefficient (Wildman–Crippen LogP) is 4.32. The highest BCUT2D eigenvalue weighted by Gasteiger charge is 2.35. The number of ether oxygens (including phenoxy) is 2. The summed E-state index contributed by atoms with van der Waals surface area (Å²) in [6, 6.07) is 5.36. The van der Waals surface area contributed by atoms with E-state index in [2.05, 4.69) is 0 Å². The Hall–Kier alpha value is -1.78. The number of benzene rings is 1. The van der Waals surface area contributed by atoms with Crippen LogP contribution < -0.4 is 9.47 Å². The van der Waals surface area contributed by atoms with Crippen LogP contribution in [0.4, 0.5) is 0 Å². The molecule has 1 aromatic carbocycles. The van der Waals surface area contributed by atoms with Crippen LogP contribution in [0.3, 0.4) is 0 Å². The summed E-state index contributed by atoms with van der Waals surface area (Å²) in [5.41, 5.74) is 1.01. The lowest BCUT2D eigenvalue weighted by Gasteiger charge is -2.26. The largest absolute Gasteiger partial charge is 0.493 e. The van der Waals surface area contributed by atoms with E-state index in [1.807, 2.05) is 18.2 Å². The Balaban J connectivity index is 1.85. The number of hydrogen-bond donors (Lipinski definition) is 0. The highest BCUT2D eigenvalue weighted by Crippen LogP contribution is 2.39. The van der Waals surface area contributed by atoms with E-state index in [1.165, 1.54) is 12.8 Å². The summed E-state index contributed by atoms with van der Waals surface area (Å²) in [4.78, 5) is 11.3. The maximum atomic E-state index is 11.4. The van der Waals surface area contributed by atoms with Gasteiger partial charge in [0.2, 0.25) is 6.04 Å². The molecule has 5 heteroatoms. The van der Waals surface area contributed by atoms with Crippen molar-refractivity contribution in [2.24, 2.45) is 0 Å². The minimum absolute atomic E-state index is 0.0180. The van der Waals surface area contributed by atoms with Gasteiger partial charge in [0, 0.05) is 11.3 Å². The summed E-state index contributed by atoms with van der Waals surface area (Å²) < 4.78 is 11.5. The lowest BCUT2D eigenvalue weighted by molar-refractivity contribution is -0.530. The van der Waals surface area contributed by atoms with Gasteiger partial charge in [0.15, 0.2) is 11.5 Å². The maximum Gasteiger partial charge on any atom is 0.219 e. The Morgan fingerprint density at radius 1 is 1.04 bits per heavy atom. The van der Waals surface area contributed by atoms with Crippen LogP contribution in [0.5, 0.6) is 11.5 Å². The van der Waals surface area contributed by atoms with Crippen LogP contribution in [0.15, 0.2) is 18.2 Å². The molecule has 5 nitrogen and oxygen atoms in total. The van der Waals surface area contributed by atoms with Gasteiger partial charge in [-0.3, -0.25) is 10.1 Å². The summed E-state index contributed by atoms with van der Waals surface area (Å²) in [7, 11) is 1.64. The Kier molecular flexibility index (Phi) is 5.03. The van der Waals surface area contributed by atoms with E-state index in [4.69, 9.17) is 9.47 Å². The van der Waals surface area contributed by atoms with Crippen LogP contribution in [0.25, 0.3) is 0 Å². The predicted molar refractivity (Wildman–Crippen MR) is 87.9 cm³/mol. The van der Waals surface area contributed by atoms with Crippen molar-refractivity contribution in [1.82, 2.24) is 0 Å². The summed E-state index contributed by atoms with van der Waals surface area (Å²) in [5, 5.41) is 11.4. The molecule has 1 aromatic rings. The Bertz CT molecular complexity index is 554. The number of nitrogens with zero attached hydrogens (tertiary/aromatic N) is 1. The average Bonchev–Trinajstić information content (AvgIpc) is 3.08. The van der Waals surface area contributed by atoms with Crippen molar-refractivity contribution in [2.45, 2.75) is 69.4 Å². The molecule has 0 bridgehead atoms. The van der Waals surface area contributed by atoms with Crippen molar-refractivity contribution in [3.05, 3.63) is 33.9 Å². The SMILES string of the molecule is COc1ccc(C2CCCCC2[N+](=O)[O-])cc1OC1CCCC1. The molecule has 0 N–H and O–H groups in total. The number of rotatable bonds is 5. The number of hydrogen-bond acceptors (Lipinski definition) is 4. The van der Waals surface area contributed by atoms with Gasteiger partial charge in [0.25, 0.3) is 0 Å². The quantitative estimate of drug-likeness (QED) is 0.599. The molecule has 0 aromatic heterocycles. The lowest BCUT2D eigenvalue weighted by Crippen LogP contribution is -2.30. The molecule has 3 rings (SSSR count). The highest BCUT2D eigenvalue weighted by molar-refractivity contribution is 5.44. The first-order chi connectivity index (χ1) is 11.2. The zero-order valence-corrected chi connectivity index (χ0v) is 13.7. The first kappa shape index (κ1) is 16.1. The highest BCUT2D eigenvalue weighted by atomic mass is 16.6. The zero-order chi connectivity index (χ0) is 16.2. The fourth-order valence-electron chi connectivity index (χ4n) is 3.95. The minimum atomic E-state index is -0.475. The van der Waals surface area contributed by atoms with E-state index < -0.39 is 6.04 Å². The molecule has 0 radical (unpaired) electrons. The summed E-state index contributed by atoms with van der Waals surface area (Å²) >= 11 is 0. The molecule has 0 aliphatic heterocycles. The van der Waals surface area contributed by atoms with E-state index in [1.54, 1.807) is 7.11 Å². The number of methoxy groups -OCH3 is 1. The first-order valence-electron chi connectivity index (χ1n) is 8.67. The zero-order valence-electron chi connectivity index (χ0n) is 13.7. The fraction of sp³-hybridized carbons (Fsp3) is 0.667. The van der Waals surface area contributed by atoms with Crippen molar-refractivity contribution in [2.75, 3.05) is 7.11 Å². The monoisotopic (exact) mass is 319 g/mol. The minimum Gasteiger partial charge on any atom is -0.493 e. The second-order valence-corrected chi connectivity index (χ2v) is 6.68. The van der Waals surface area contributed by atoms with Crippen LogP contribution >= 0.6 is 0 Å². The van der Waals surface area contributed by atoms with Crippen LogP contribution in [0, 0.1) is 10.1 Å². The van der Waals surface area contributed by atoms with Crippen LogP contribution in [-0.2, 0) is 0 Å². The van der Waals surface area contributed by atoms with Crippen molar-refractivity contribution in [3.8, 4) is 11.5 Å². The summed E-state index contributed by atoms with van der Waals surface area (Å²) in [6.07, 6.45) is 8.37. The van der Waals surface area contributed by atoms with Crippen LogP contribution in [0.1, 0.15) is 62.8 Å². The van der Waals surface area contributed by atoms with E-state index in [-0.39, 0.29) is 16.9 Å². The average molecular weight is 319 g/mol. The lowest BCUT2D eigenvalue weighted by atomic mass is 9.80. The molecule has 0 heterocycles. The van der Waals surface area contributed by atoms with E-state index >= 15 is 0 Å². The van der Waals surface area contributed by atoms with Gasteiger partial charge in [-0.2, -0.15) is 0 Å². The molecule has 2 unspecified atom stereocenters. The van der Waals surface area contributed by atoms with Gasteiger partial charge in [-0.25, -0.2) is 0 Å². The van der Waals surface area contributed by atoms with Gasteiger partial charge < -0.3 is 9.47 Å². The molecule has 23 heavy (non-hydrogen) atoms. The van der Waals surface area contributed by atoms with E-state index in [0.717, 1.165) is 43.4 Å². The third kappa shape index (κ3) is 3.59. The smallest absolute Gasteiger partial charge is 0.219 e. The number of nitro groups is 1. The normalized spacial score (nSPS) is 25.3. The Morgan fingerprint density at radius 3 is 2.43 bits per heavy atom. The van der Waals surface area contributed by atoms with E-state index in [0.29, 0.717) is 12.2 Å². The van der Waals surface area contributed by atoms with E-state index in [9.17, 15) is 10.1 Å². The molecule has 2 fully saturated rings. The molecular weight excluding hydrogens is 294 g/mol.